The highest BCUT2D eigenvalue weighted by Crippen LogP contribution is 2.32. The van der Waals surface area contributed by atoms with Crippen LogP contribution in [0.4, 0.5) is 0 Å². The first-order valence-corrected chi connectivity index (χ1v) is 4.52. The quantitative estimate of drug-likeness (QED) is 0.738. The molecule has 62 valence electrons. The molecule has 0 atom stereocenters. The Morgan fingerprint density at radius 2 is 2.08 bits per heavy atom. The average Bonchev–Trinajstić information content (AvgIpc) is 2.35. The Hall–Kier alpha value is -0.830. The second-order valence-corrected chi connectivity index (χ2v) is 3.74. The summed E-state index contributed by atoms with van der Waals surface area (Å²) in [7, 11) is 0. The van der Waals surface area contributed by atoms with Gasteiger partial charge in [0.1, 0.15) is 5.75 Å². The van der Waals surface area contributed by atoms with E-state index in [1.165, 1.54) is 0 Å². The van der Waals surface area contributed by atoms with Crippen LogP contribution >= 0.6 is 15.9 Å². The average molecular weight is 227 g/mol. The standard InChI is InChI=1S/C9H7BrO2/c10-7-4-6-5(3-9(7)12)1-2-8(6)11/h3-4,12H,1-2H2. The molecule has 0 fully saturated rings. The molecule has 0 amide bonds. The molecule has 0 saturated heterocycles. The molecule has 0 radical (unpaired) electrons. The van der Waals surface area contributed by atoms with Crippen molar-refractivity contribution >= 4 is 21.7 Å². The molecule has 1 aliphatic rings. The van der Waals surface area contributed by atoms with E-state index in [0.29, 0.717) is 10.9 Å². The third-order valence-electron chi connectivity index (χ3n) is 2.09. The molecule has 0 unspecified atom stereocenters. The molecule has 0 heterocycles. The van der Waals surface area contributed by atoms with Crippen molar-refractivity contribution < 1.29 is 9.90 Å². The summed E-state index contributed by atoms with van der Waals surface area (Å²) in [5.41, 5.74) is 1.71. The van der Waals surface area contributed by atoms with Crippen molar-refractivity contribution in [1.29, 1.82) is 0 Å². The van der Waals surface area contributed by atoms with Gasteiger partial charge >= 0.3 is 0 Å². The molecule has 1 aliphatic carbocycles. The normalized spacial score (nSPS) is 14.9. The van der Waals surface area contributed by atoms with Gasteiger partial charge in [-0.05, 0) is 40.0 Å². The van der Waals surface area contributed by atoms with Crippen LogP contribution in [0.15, 0.2) is 16.6 Å². The number of aryl methyl sites for hydroxylation is 1. The number of aromatic hydroxyl groups is 1. The van der Waals surface area contributed by atoms with Crippen LogP contribution < -0.4 is 0 Å². The van der Waals surface area contributed by atoms with Gasteiger partial charge in [-0.1, -0.05) is 0 Å². The van der Waals surface area contributed by atoms with Gasteiger partial charge in [0.05, 0.1) is 4.47 Å². The number of phenols is 1. The molecular weight excluding hydrogens is 220 g/mol. The zero-order valence-electron chi connectivity index (χ0n) is 6.30. The van der Waals surface area contributed by atoms with E-state index >= 15 is 0 Å². The van der Waals surface area contributed by atoms with Crippen LogP contribution in [0.25, 0.3) is 0 Å². The predicted molar refractivity (Wildman–Crippen MR) is 48.5 cm³/mol. The van der Waals surface area contributed by atoms with Crippen molar-refractivity contribution in [3.8, 4) is 5.75 Å². The number of carbonyl (C=O) groups is 1. The third-order valence-corrected chi connectivity index (χ3v) is 2.73. The lowest BCUT2D eigenvalue weighted by molar-refractivity contribution is 0.0994. The van der Waals surface area contributed by atoms with Crippen molar-refractivity contribution in [3.05, 3.63) is 27.7 Å². The first-order valence-electron chi connectivity index (χ1n) is 3.73. The number of hydrogen-bond acceptors (Lipinski definition) is 2. The van der Waals surface area contributed by atoms with Gasteiger partial charge in [-0.25, -0.2) is 0 Å². The van der Waals surface area contributed by atoms with Gasteiger partial charge in [-0.3, -0.25) is 4.79 Å². The maximum Gasteiger partial charge on any atom is 0.163 e. The van der Waals surface area contributed by atoms with Crippen LogP contribution in [0.1, 0.15) is 22.3 Å². The van der Waals surface area contributed by atoms with E-state index in [-0.39, 0.29) is 11.5 Å². The van der Waals surface area contributed by atoms with Gasteiger partial charge in [0.25, 0.3) is 0 Å². The summed E-state index contributed by atoms with van der Waals surface area (Å²) in [6, 6.07) is 3.35. The summed E-state index contributed by atoms with van der Waals surface area (Å²) < 4.78 is 0.594. The van der Waals surface area contributed by atoms with Gasteiger partial charge in [0, 0.05) is 12.0 Å². The minimum absolute atomic E-state index is 0.172. The number of hydrogen-bond donors (Lipinski definition) is 1. The summed E-state index contributed by atoms with van der Waals surface area (Å²) in [5.74, 6) is 0.383. The van der Waals surface area contributed by atoms with Crippen LogP contribution in [0.2, 0.25) is 0 Å². The molecule has 12 heavy (non-hydrogen) atoms. The van der Waals surface area contributed by atoms with E-state index in [9.17, 15) is 9.90 Å². The minimum Gasteiger partial charge on any atom is -0.507 e. The smallest absolute Gasteiger partial charge is 0.163 e. The fraction of sp³-hybridized carbons (Fsp3) is 0.222. The predicted octanol–water partition coefficient (Wildman–Crippen LogP) is 2.28. The molecule has 0 aromatic heterocycles. The SMILES string of the molecule is O=C1CCc2cc(O)c(Br)cc21. The molecule has 0 saturated carbocycles. The minimum atomic E-state index is 0.172. The summed E-state index contributed by atoms with van der Waals surface area (Å²) in [6.07, 6.45) is 1.33. The summed E-state index contributed by atoms with van der Waals surface area (Å²) in [6.45, 7) is 0. The maximum absolute atomic E-state index is 11.2. The highest BCUT2D eigenvalue weighted by atomic mass is 79.9. The molecule has 2 nitrogen and oxygen atoms in total. The van der Waals surface area contributed by atoms with E-state index in [1.807, 2.05) is 0 Å². The van der Waals surface area contributed by atoms with Crippen molar-refractivity contribution in [2.75, 3.05) is 0 Å². The number of phenolic OH excluding ortho intramolecular Hbond substituents is 1. The second-order valence-electron chi connectivity index (χ2n) is 2.88. The fourth-order valence-electron chi connectivity index (χ4n) is 1.45. The molecule has 0 aliphatic heterocycles. The van der Waals surface area contributed by atoms with E-state index in [4.69, 9.17) is 0 Å². The largest absolute Gasteiger partial charge is 0.507 e. The molecule has 0 bridgehead atoms. The monoisotopic (exact) mass is 226 g/mol. The molecule has 1 aromatic carbocycles. The zero-order valence-corrected chi connectivity index (χ0v) is 7.89. The Morgan fingerprint density at radius 3 is 2.83 bits per heavy atom. The van der Waals surface area contributed by atoms with Crippen LogP contribution in [0, 0.1) is 0 Å². The lowest BCUT2D eigenvalue weighted by Crippen LogP contribution is -1.90. The van der Waals surface area contributed by atoms with Crippen molar-refractivity contribution in [1.82, 2.24) is 0 Å². The fourth-order valence-corrected chi connectivity index (χ4v) is 1.80. The maximum atomic E-state index is 11.2. The highest BCUT2D eigenvalue weighted by Gasteiger charge is 2.20. The molecule has 1 N–H and O–H groups in total. The number of Topliss-reactive ketones (excluding diaryl/α,β-unsaturated/α-hetero) is 1. The van der Waals surface area contributed by atoms with Gasteiger partial charge in [0.15, 0.2) is 5.78 Å². The first-order chi connectivity index (χ1) is 5.68. The number of carbonyl (C=O) groups excluding carboxylic acids is 1. The van der Waals surface area contributed by atoms with Gasteiger partial charge in [-0.2, -0.15) is 0 Å². The lowest BCUT2D eigenvalue weighted by atomic mass is 10.1. The van der Waals surface area contributed by atoms with Crippen LogP contribution in [0.5, 0.6) is 5.75 Å². The third kappa shape index (κ3) is 1.05. The van der Waals surface area contributed by atoms with E-state index in [2.05, 4.69) is 15.9 Å². The summed E-state index contributed by atoms with van der Waals surface area (Å²) in [4.78, 5) is 11.2. The Kier molecular flexibility index (Phi) is 1.68. The van der Waals surface area contributed by atoms with E-state index in [1.54, 1.807) is 12.1 Å². The first kappa shape index (κ1) is 7.80. The molecule has 3 heteroatoms. The number of fused-ring (bicyclic) bond motifs is 1. The Morgan fingerprint density at radius 1 is 1.33 bits per heavy atom. The number of rotatable bonds is 0. The summed E-state index contributed by atoms with van der Waals surface area (Å²) in [5, 5.41) is 9.31. The topological polar surface area (TPSA) is 37.3 Å². The lowest BCUT2D eigenvalue weighted by Gasteiger charge is -2.00. The number of halogens is 1. The van der Waals surface area contributed by atoms with Gasteiger partial charge < -0.3 is 5.11 Å². The Labute approximate surface area is 78.3 Å². The number of ketones is 1. The van der Waals surface area contributed by atoms with Gasteiger partial charge in [0.2, 0.25) is 0 Å². The highest BCUT2D eigenvalue weighted by molar-refractivity contribution is 9.10. The number of benzene rings is 1. The Balaban J connectivity index is 2.63. The Bertz CT molecular complexity index is 358. The molecule has 1 aromatic rings. The second kappa shape index (κ2) is 2.59. The van der Waals surface area contributed by atoms with Crippen molar-refractivity contribution in [2.45, 2.75) is 12.8 Å². The van der Waals surface area contributed by atoms with Crippen molar-refractivity contribution in [3.63, 3.8) is 0 Å². The molecular formula is C9H7BrO2. The van der Waals surface area contributed by atoms with E-state index < -0.39 is 0 Å². The van der Waals surface area contributed by atoms with Crippen LogP contribution in [0.3, 0.4) is 0 Å². The van der Waals surface area contributed by atoms with Crippen molar-refractivity contribution in [2.24, 2.45) is 0 Å². The molecule has 0 spiro atoms. The molecule has 2 rings (SSSR count). The van der Waals surface area contributed by atoms with Crippen LogP contribution in [-0.4, -0.2) is 10.9 Å². The van der Waals surface area contributed by atoms with Gasteiger partial charge in [-0.15, -0.1) is 0 Å². The van der Waals surface area contributed by atoms with E-state index in [0.717, 1.165) is 17.5 Å². The summed E-state index contributed by atoms with van der Waals surface area (Å²) >= 11 is 3.17. The van der Waals surface area contributed by atoms with Crippen LogP contribution in [-0.2, 0) is 6.42 Å². The zero-order chi connectivity index (χ0) is 8.72.